The van der Waals surface area contributed by atoms with Gasteiger partial charge < -0.3 is 20.1 Å². The molecule has 0 radical (unpaired) electrons. The molecule has 0 bridgehead atoms. The van der Waals surface area contributed by atoms with E-state index in [-0.39, 0.29) is 12.7 Å². The molecule has 0 spiro atoms. The Kier molecular flexibility index (Phi) is 6.30. The molecule has 1 aliphatic carbocycles. The van der Waals surface area contributed by atoms with Gasteiger partial charge in [0.1, 0.15) is 0 Å². The standard InChI is InChI=1S/C16H30N2O3/c1-12(2)11-21-16(20)18-8-6-14(7-9-18)17-15-5-3-4-13(15)10-19/h12-15,17,19H,3-11H2,1-2H3. The Morgan fingerprint density at radius 1 is 1.29 bits per heavy atom. The number of amides is 1. The summed E-state index contributed by atoms with van der Waals surface area (Å²) in [6.07, 6.45) is 5.30. The first-order valence-electron chi connectivity index (χ1n) is 8.38. The number of hydrogen-bond donors (Lipinski definition) is 2. The molecule has 0 aromatic rings. The number of carbonyl (C=O) groups excluding carboxylic acids is 1. The smallest absolute Gasteiger partial charge is 0.409 e. The monoisotopic (exact) mass is 298 g/mol. The molecule has 2 aliphatic rings. The number of hydrogen-bond acceptors (Lipinski definition) is 4. The largest absolute Gasteiger partial charge is 0.449 e. The van der Waals surface area contributed by atoms with Crippen LogP contribution in [0, 0.1) is 11.8 Å². The molecule has 1 amide bonds. The van der Waals surface area contributed by atoms with Crippen molar-refractivity contribution in [2.45, 2.75) is 58.0 Å². The van der Waals surface area contributed by atoms with Crippen molar-refractivity contribution < 1.29 is 14.6 Å². The van der Waals surface area contributed by atoms with Gasteiger partial charge in [0.2, 0.25) is 0 Å². The Morgan fingerprint density at radius 2 is 2.00 bits per heavy atom. The van der Waals surface area contributed by atoms with E-state index in [1.807, 2.05) is 18.7 Å². The van der Waals surface area contributed by atoms with E-state index in [2.05, 4.69) is 5.32 Å². The second-order valence-corrected chi connectivity index (χ2v) is 6.88. The van der Waals surface area contributed by atoms with Gasteiger partial charge in [0.25, 0.3) is 0 Å². The van der Waals surface area contributed by atoms with Gasteiger partial charge in [-0.05, 0) is 37.5 Å². The molecule has 0 aromatic carbocycles. The lowest BCUT2D eigenvalue weighted by Gasteiger charge is -2.34. The van der Waals surface area contributed by atoms with Crippen LogP contribution >= 0.6 is 0 Å². The first-order chi connectivity index (χ1) is 10.1. The van der Waals surface area contributed by atoms with Crippen LogP contribution in [0.1, 0.15) is 46.0 Å². The van der Waals surface area contributed by atoms with E-state index in [1.54, 1.807) is 0 Å². The van der Waals surface area contributed by atoms with Crippen LogP contribution in [-0.2, 0) is 4.74 Å². The summed E-state index contributed by atoms with van der Waals surface area (Å²) < 4.78 is 5.28. The Morgan fingerprint density at radius 3 is 2.62 bits per heavy atom. The highest BCUT2D eigenvalue weighted by Gasteiger charge is 2.30. The number of aliphatic hydroxyl groups is 1. The van der Waals surface area contributed by atoms with Crippen molar-refractivity contribution in [3.8, 4) is 0 Å². The Bertz CT molecular complexity index is 327. The van der Waals surface area contributed by atoms with E-state index < -0.39 is 0 Å². The highest BCUT2D eigenvalue weighted by atomic mass is 16.6. The number of rotatable bonds is 5. The van der Waals surface area contributed by atoms with Crippen molar-refractivity contribution in [1.29, 1.82) is 0 Å². The lowest BCUT2D eigenvalue weighted by atomic mass is 10.00. The van der Waals surface area contributed by atoms with E-state index in [4.69, 9.17) is 4.74 Å². The Hall–Kier alpha value is -0.810. The molecule has 2 unspecified atom stereocenters. The normalized spacial score (nSPS) is 27.3. The van der Waals surface area contributed by atoms with Crippen LogP contribution < -0.4 is 5.32 Å². The first-order valence-corrected chi connectivity index (χ1v) is 8.38. The number of likely N-dealkylation sites (tertiary alicyclic amines) is 1. The molecule has 1 saturated carbocycles. The maximum atomic E-state index is 11.9. The van der Waals surface area contributed by atoms with Crippen LogP contribution in [0.5, 0.6) is 0 Å². The fourth-order valence-corrected chi connectivity index (χ4v) is 3.34. The van der Waals surface area contributed by atoms with Crippen molar-refractivity contribution in [3.63, 3.8) is 0 Å². The molecule has 5 heteroatoms. The van der Waals surface area contributed by atoms with Crippen molar-refractivity contribution >= 4 is 6.09 Å². The average Bonchev–Trinajstić information content (AvgIpc) is 2.92. The number of ether oxygens (including phenoxy) is 1. The molecule has 1 saturated heterocycles. The molecule has 2 atom stereocenters. The summed E-state index contributed by atoms with van der Waals surface area (Å²) in [7, 11) is 0. The third kappa shape index (κ3) is 4.85. The summed E-state index contributed by atoms with van der Waals surface area (Å²) >= 11 is 0. The van der Waals surface area contributed by atoms with Crippen LogP contribution in [0.15, 0.2) is 0 Å². The van der Waals surface area contributed by atoms with Crippen LogP contribution in [0.4, 0.5) is 4.79 Å². The maximum absolute atomic E-state index is 11.9. The van der Waals surface area contributed by atoms with Gasteiger partial charge in [0.05, 0.1) is 6.61 Å². The van der Waals surface area contributed by atoms with Gasteiger partial charge in [-0.15, -0.1) is 0 Å². The second kappa shape index (κ2) is 7.99. The highest BCUT2D eigenvalue weighted by Crippen LogP contribution is 2.26. The predicted octanol–water partition coefficient (Wildman–Crippen LogP) is 1.99. The number of nitrogens with one attached hydrogen (secondary N) is 1. The van der Waals surface area contributed by atoms with Crippen LogP contribution in [0.3, 0.4) is 0 Å². The van der Waals surface area contributed by atoms with Gasteiger partial charge in [-0.25, -0.2) is 4.79 Å². The van der Waals surface area contributed by atoms with Crippen molar-refractivity contribution in [2.75, 3.05) is 26.3 Å². The molecule has 122 valence electrons. The summed E-state index contributed by atoms with van der Waals surface area (Å²) in [6.45, 7) is 6.41. The zero-order valence-corrected chi connectivity index (χ0v) is 13.4. The average molecular weight is 298 g/mol. The van der Waals surface area contributed by atoms with Crippen molar-refractivity contribution in [1.82, 2.24) is 10.2 Å². The minimum Gasteiger partial charge on any atom is -0.449 e. The van der Waals surface area contributed by atoms with Gasteiger partial charge >= 0.3 is 6.09 Å². The fourth-order valence-electron chi connectivity index (χ4n) is 3.34. The molecule has 2 N–H and O–H groups in total. The molecule has 2 fully saturated rings. The van der Waals surface area contributed by atoms with E-state index in [0.29, 0.717) is 30.5 Å². The fraction of sp³-hybridized carbons (Fsp3) is 0.938. The highest BCUT2D eigenvalue weighted by molar-refractivity contribution is 5.67. The predicted molar refractivity (Wildman–Crippen MR) is 82.1 cm³/mol. The molecular formula is C16H30N2O3. The minimum absolute atomic E-state index is 0.170. The third-order valence-electron chi connectivity index (χ3n) is 4.64. The number of aliphatic hydroxyl groups excluding tert-OH is 1. The summed E-state index contributed by atoms with van der Waals surface area (Å²) in [4.78, 5) is 13.7. The van der Waals surface area contributed by atoms with E-state index in [9.17, 15) is 9.90 Å². The van der Waals surface area contributed by atoms with Crippen LogP contribution in [0.25, 0.3) is 0 Å². The van der Waals surface area contributed by atoms with E-state index >= 15 is 0 Å². The molecule has 0 aromatic heterocycles. The molecule has 5 nitrogen and oxygen atoms in total. The van der Waals surface area contributed by atoms with E-state index in [1.165, 1.54) is 12.8 Å². The quantitative estimate of drug-likeness (QED) is 0.815. The van der Waals surface area contributed by atoms with Gasteiger partial charge in [-0.3, -0.25) is 0 Å². The summed E-state index contributed by atoms with van der Waals surface area (Å²) in [5, 5.41) is 13.1. The minimum atomic E-state index is -0.170. The lowest BCUT2D eigenvalue weighted by Crippen LogP contribution is -2.49. The summed E-state index contributed by atoms with van der Waals surface area (Å²) in [5.41, 5.74) is 0. The zero-order valence-electron chi connectivity index (χ0n) is 13.4. The topological polar surface area (TPSA) is 61.8 Å². The SMILES string of the molecule is CC(C)COC(=O)N1CCC(NC2CCCC2CO)CC1. The summed E-state index contributed by atoms with van der Waals surface area (Å²) in [5.74, 6) is 0.796. The number of piperidine rings is 1. The van der Waals surface area contributed by atoms with Crippen molar-refractivity contribution in [3.05, 3.63) is 0 Å². The summed E-state index contributed by atoms with van der Waals surface area (Å²) in [6, 6.07) is 0.927. The zero-order chi connectivity index (χ0) is 15.2. The van der Waals surface area contributed by atoms with E-state index in [0.717, 1.165) is 32.4 Å². The van der Waals surface area contributed by atoms with Gasteiger partial charge in [0, 0.05) is 31.8 Å². The molecule has 1 heterocycles. The molecular weight excluding hydrogens is 268 g/mol. The number of carbonyl (C=O) groups is 1. The Balaban J connectivity index is 1.69. The van der Waals surface area contributed by atoms with Gasteiger partial charge in [-0.2, -0.15) is 0 Å². The van der Waals surface area contributed by atoms with Crippen LogP contribution in [-0.4, -0.2) is 54.5 Å². The van der Waals surface area contributed by atoms with Gasteiger partial charge in [-0.1, -0.05) is 20.3 Å². The lowest BCUT2D eigenvalue weighted by molar-refractivity contribution is 0.0801. The second-order valence-electron chi connectivity index (χ2n) is 6.88. The Labute approximate surface area is 128 Å². The molecule has 1 aliphatic heterocycles. The first kappa shape index (κ1) is 16.6. The maximum Gasteiger partial charge on any atom is 0.409 e. The molecule has 2 rings (SSSR count). The van der Waals surface area contributed by atoms with Crippen molar-refractivity contribution in [2.24, 2.45) is 11.8 Å². The van der Waals surface area contributed by atoms with Gasteiger partial charge in [0.15, 0.2) is 0 Å². The number of nitrogens with zero attached hydrogens (tertiary/aromatic N) is 1. The van der Waals surface area contributed by atoms with Crippen LogP contribution in [0.2, 0.25) is 0 Å². The third-order valence-corrected chi connectivity index (χ3v) is 4.64. The molecule has 21 heavy (non-hydrogen) atoms.